The van der Waals surface area contributed by atoms with Crippen molar-refractivity contribution in [1.29, 1.82) is 0 Å². The quantitative estimate of drug-likeness (QED) is 0.824. The molecule has 1 aromatic rings. The zero-order valence-electron chi connectivity index (χ0n) is 14.1. The standard InChI is InChI=1S/C16H23NO5S/c1-11(2)12-6-8-13(9-7-12)14-10-21-23(19,20)17(14)15(18)22-16(3,4)5/h6-9,11,14H,10H2,1-5H3/t14-/m1/s1. The van der Waals surface area contributed by atoms with Crippen LogP contribution in [-0.4, -0.2) is 31.0 Å². The molecule has 0 aliphatic carbocycles. The van der Waals surface area contributed by atoms with Crippen LogP contribution in [0.1, 0.15) is 57.7 Å². The van der Waals surface area contributed by atoms with Crippen molar-refractivity contribution in [3.05, 3.63) is 35.4 Å². The summed E-state index contributed by atoms with van der Waals surface area (Å²) in [6, 6.07) is 6.79. The second-order valence-corrected chi connectivity index (χ2v) is 8.34. The van der Waals surface area contributed by atoms with Gasteiger partial charge in [-0.2, -0.15) is 12.7 Å². The van der Waals surface area contributed by atoms with E-state index < -0.39 is 28.0 Å². The van der Waals surface area contributed by atoms with E-state index in [1.165, 1.54) is 0 Å². The first kappa shape index (κ1) is 17.7. The molecule has 0 unspecified atom stereocenters. The van der Waals surface area contributed by atoms with Crippen LogP contribution >= 0.6 is 0 Å². The van der Waals surface area contributed by atoms with Crippen molar-refractivity contribution in [2.75, 3.05) is 6.61 Å². The molecule has 1 saturated heterocycles. The van der Waals surface area contributed by atoms with Crippen molar-refractivity contribution >= 4 is 16.4 Å². The molecule has 128 valence electrons. The van der Waals surface area contributed by atoms with Crippen LogP contribution in [0.5, 0.6) is 0 Å². The SMILES string of the molecule is CC(C)c1ccc([C@H]2COS(=O)(=O)N2C(=O)OC(C)(C)C)cc1. The van der Waals surface area contributed by atoms with Gasteiger partial charge in [-0.25, -0.2) is 4.79 Å². The monoisotopic (exact) mass is 341 g/mol. The van der Waals surface area contributed by atoms with E-state index in [2.05, 4.69) is 13.8 Å². The van der Waals surface area contributed by atoms with Gasteiger partial charge in [0.2, 0.25) is 0 Å². The van der Waals surface area contributed by atoms with Crippen LogP contribution in [0.15, 0.2) is 24.3 Å². The molecule has 1 aromatic carbocycles. The second-order valence-electron chi connectivity index (χ2n) is 6.86. The first-order chi connectivity index (χ1) is 10.5. The summed E-state index contributed by atoms with van der Waals surface area (Å²) in [5, 5.41) is 0. The summed E-state index contributed by atoms with van der Waals surface area (Å²) in [5.41, 5.74) is 1.04. The largest absolute Gasteiger partial charge is 0.443 e. The molecule has 1 aliphatic heterocycles. The number of amides is 1. The Bertz CT molecular complexity index is 673. The number of ether oxygens (including phenoxy) is 1. The van der Waals surface area contributed by atoms with Crippen molar-refractivity contribution in [1.82, 2.24) is 4.31 Å². The Balaban J connectivity index is 2.31. The van der Waals surface area contributed by atoms with Gasteiger partial charge in [0.15, 0.2) is 0 Å². The third-order valence-electron chi connectivity index (χ3n) is 3.46. The van der Waals surface area contributed by atoms with Crippen molar-refractivity contribution in [3.63, 3.8) is 0 Å². The summed E-state index contributed by atoms with van der Waals surface area (Å²) in [5.74, 6) is 0.370. The molecule has 0 aromatic heterocycles. The number of rotatable bonds is 2. The van der Waals surface area contributed by atoms with Crippen LogP contribution in [-0.2, 0) is 19.2 Å². The number of nitrogens with zero attached hydrogens (tertiary/aromatic N) is 1. The molecular weight excluding hydrogens is 318 g/mol. The van der Waals surface area contributed by atoms with Crippen LogP contribution in [0.4, 0.5) is 4.79 Å². The van der Waals surface area contributed by atoms with E-state index in [1.54, 1.807) is 20.8 Å². The molecule has 1 amide bonds. The van der Waals surface area contributed by atoms with Crippen LogP contribution < -0.4 is 0 Å². The summed E-state index contributed by atoms with van der Waals surface area (Å²) in [4.78, 5) is 12.3. The highest BCUT2D eigenvalue weighted by atomic mass is 32.2. The lowest BCUT2D eigenvalue weighted by Gasteiger charge is -2.26. The minimum absolute atomic E-state index is 0.109. The van der Waals surface area contributed by atoms with E-state index >= 15 is 0 Å². The fraction of sp³-hybridized carbons (Fsp3) is 0.562. The highest BCUT2D eigenvalue weighted by Crippen LogP contribution is 2.33. The molecule has 1 heterocycles. The van der Waals surface area contributed by atoms with Crippen LogP contribution in [0.2, 0.25) is 0 Å². The van der Waals surface area contributed by atoms with Gasteiger partial charge in [0.25, 0.3) is 0 Å². The zero-order chi connectivity index (χ0) is 17.4. The van der Waals surface area contributed by atoms with E-state index in [4.69, 9.17) is 8.92 Å². The van der Waals surface area contributed by atoms with E-state index in [-0.39, 0.29) is 6.61 Å². The second kappa shape index (κ2) is 6.13. The number of carbonyl (C=O) groups excluding carboxylic acids is 1. The average molecular weight is 341 g/mol. The predicted octanol–water partition coefficient (Wildman–Crippen LogP) is 3.36. The topological polar surface area (TPSA) is 72.9 Å². The Morgan fingerprint density at radius 3 is 2.30 bits per heavy atom. The Kier molecular flexibility index (Phi) is 4.73. The van der Waals surface area contributed by atoms with Gasteiger partial charge >= 0.3 is 16.4 Å². The van der Waals surface area contributed by atoms with Crippen LogP contribution in [0, 0.1) is 0 Å². The highest BCUT2D eigenvalue weighted by molar-refractivity contribution is 7.85. The normalized spacial score (nSPS) is 20.8. The molecule has 2 rings (SSSR count). The van der Waals surface area contributed by atoms with E-state index in [0.717, 1.165) is 5.56 Å². The third kappa shape index (κ3) is 4.03. The maximum absolute atomic E-state index is 12.3. The summed E-state index contributed by atoms with van der Waals surface area (Å²) in [6.45, 7) is 9.08. The molecule has 1 fully saturated rings. The first-order valence-electron chi connectivity index (χ1n) is 7.53. The summed E-state index contributed by atoms with van der Waals surface area (Å²) in [7, 11) is -4.12. The van der Waals surface area contributed by atoms with Gasteiger partial charge in [-0.05, 0) is 37.8 Å². The molecule has 0 bridgehead atoms. The van der Waals surface area contributed by atoms with Crippen molar-refractivity contribution in [2.24, 2.45) is 0 Å². The van der Waals surface area contributed by atoms with Gasteiger partial charge in [-0.1, -0.05) is 38.1 Å². The molecule has 7 heteroatoms. The van der Waals surface area contributed by atoms with Gasteiger partial charge in [0.1, 0.15) is 11.6 Å². The van der Waals surface area contributed by atoms with E-state index in [9.17, 15) is 13.2 Å². The molecule has 0 spiro atoms. The molecular formula is C16H23NO5S. The van der Waals surface area contributed by atoms with Crippen molar-refractivity contribution < 1.29 is 22.1 Å². The Hall–Kier alpha value is -1.60. The molecule has 23 heavy (non-hydrogen) atoms. The maximum atomic E-state index is 12.3. The van der Waals surface area contributed by atoms with Crippen molar-refractivity contribution in [2.45, 2.75) is 52.2 Å². The molecule has 0 radical (unpaired) electrons. The third-order valence-corrected chi connectivity index (χ3v) is 4.78. The number of hydrogen-bond donors (Lipinski definition) is 0. The lowest BCUT2D eigenvalue weighted by molar-refractivity contribution is 0.0356. The maximum Gasteiger partial charge on any atom is 0.426 e. The molecule has 0 saturated carbocycles. The molecule has 1 aliphatic rings. The van der Waals surface area contributed by atoms with Gasteiger partial charge in [0.05, 0.1) is 6.61 Å². The predicted molar refractivity (Wildman–Crippen MR) is 86.2 cm³/mol. The molecule has 0 N–H and O–H groups in total. The highest BCUT2D eigenvalue weighted by Gasteiger charge is 2.45. The summed E-state index contributed by atoms with van der Waals surface area (Å²) >= 11 is 0. The number of hydrogen-bond acceptors (Lipinski definition) is 5. The summed E-state index contributed by atoms with van der Waals surface area (Å²) < 4.78 is 34.8. The Labute approximate surface area is 137 Å². The zero-order valence-corrected chi connectivity index (χ0v) is 14.9. The average Bonchev–Trinajstić information content (AvgIpc) is 2.72. The minimum Gasteiger partial charge on any atom is -0.443 e. The fourth-order valence-corrected chi connectivity index (χ4v) is 3.42. The lowest BCUT2D eigenvalue weighted by atomic mass is 9.99. The van der Waals surface area contributed by atoms with Crippen LogP contribution in [0.25, 0.3) is 0 Å². The lowest BCUT2D eigenvalue weighted by Crippen LogP contribution is -2.39. The van der Waals surface area contributed by atoms with Crippen molar-refractivity contribution in [3.8, 4) is 0 Å². The number of carbonyl (C=O) groups is 1. The van der Waals surface area contributed by atoms with E-state index in [1.807, 2.05) is 24.3 Å². The Morgan fingerprint density at radius 2 is 1.83 bits per heavy atom. The van der Waals surface area contributed by atoms with Gasteiger partial charge in [-0.15, -0.1) is 0 Å². The number of benzene rings is 1. The smallest absolute Gasteiger partial charge is 0.426 e. The molecule has 1 atom stereocenters. The van der Waals surface area contributed by atoms with Gasteiger partial charge < -0.3 is 4.74 Å². The van der Waals surface area contributed by atoms with E-state index in [0.29, 0.717) is 15.8 Å². The molecule has 6 nitrogen and oxygen atoms in total. The fourth-order valence-electron chi connectivity index (χ4n) is 2.29. The van der Waals surface area contributed by atoms with Gasteiger partial charge in [0, 0.05) is 0 Å². The minimum atomic E-state index is -4.12. The summed E-state index contributed by atoms with van der Waals surface area (Å²) in [6.07, 6.45) is -0.923. The van der Waals surface area contributed by atoms with Crippen LogP contribution in [0.3, 0.4) is 0 Å². The Morgan fingerprint density at radius 1 is 1.26 bits per heavy atom. The van der Waals surface area contributed by atoms with Gasteiger partial charge in [-0.3, -0.25) is 4.18 Å². The first-order valence-corrected chi connectivity index (χ1v) is 8.89.